The standard InChI is InChI=1S/C8H5ClINO/c1-4-7(10)8-5(12-4)2-3-6(9)11-8/h2-3H,1H3. The summed E-state index contributed by atoms with van der Waals surface area (Å²) < 4.78 is 6.46. The van der Waals surface area contributed by atoms with Crippen LogP contribution in [0.3, 0.4) is 0 Å². The highest BCUT2D eigenvalue weighted by Gasteiger charge is 2.08. The third-order valence-corrected chi connectivity index (χ3v) is 3.09. The van der Waals surface area contributed by atoms with Gasteiger partial charge in [0, 0.05) is 0 Å². The molecule has 0 aliphatic rings. The Labute approximate surface area is 88.1 Å². The van der Waals surface area contributed by atoms with Crippen LogP contribution in [0, 0.1) is 10.5 Å². The Morgan fingerprint density at radius 2 is 2.25 bits per heavy atom. The number of hydrogen-bond acceptors (Lipinski definition) is 2. The summed E-state index contributed by atoms with van der Waals surface area (Å²) in [6.07, 6.45) is 0. The first-order valence-electron chi connectivity index (χ1n) is 3.39. The minimum Gasteiger partial charge on any atom is -0.459 e. The van der Waals surface area contributed by atoms with Gasteiger partial charge in [-0.15, -0.1) is 0 Å². The predicted octanol–water partition coefficient (Wildman–Crippen LogP) is 3.39. The molecule has 2 heterocycles. The number of halogens is 2. The molecule has 0 radical (unpaired) electrons. The summed E-state index contributed by atoms with van der Waals surface area (Å²) in [6.45, 7) is 1.91. The van der Waals surface area contributed by atoms with Gasteiger partial charge in [0.2, 0.25) is 0 Å². The summed E-state index contributed by atoms with van der Waals surface area (Å²) in [5.74, 6) is 0.889. The lowest BCUT2D eigenvalue weighted by molar-refractivity contribution is 0.575. The Hall–Kier alpha value is -0.290. The summed E-state index contributed by atoms with van der Waals surface area (Å²) >= 11 is 7.94. The van der Waals surface area contributed by atoms with Gasteiger partial charge < -0.3 is 4.42 Å². The van der Waals surface area contributed by atoms with E-state index < -0.39 is 0 Å². The lowest BCUT2D eigenvalue weighted by Crippen LogP contribution is -1.76. The number of aromatic nitrogens is 1. The first kappa shape index (κ1) is 8.31. The van der Waals surface area contributed by atoms with Gasteiger partial charge in [-0.25, -0.2) is 4.98 Å². The van der Waals surface area contributed by atoms with E-state index in [0.29, 0.717) is 5.15 Å². The SMILES string of the molecule is Cc1oc2ccc(Cl)nc2c1I. The minimum atomic E-state index is 0.501. The van der Waals surface area contributed by atoms with E-state index >= 15 is 0 Å². The molecule has 12 heavy (non-hydrogen) atoms. The van der Waals surface area contributed by atoms with Gasteiger partial charge in [-0.1, -0.05) is 11.6 Å². The maximum atomic E-state index is 5.74. The Bertz CT molecular complexity index is 438. The topological polar surface area (TPSA) is 26.0 Å². The second kappa shape index (κ2) is 2.88. The van der Waals surface area contributed by atoms with Crippen molar-refractivity contribution in [3.8, 4) is 0 Å². The van der Waals surface area contributed by atoms with E-state index in [1.807, 2.05) is 13.0 Å². The molecule has 0 N–H and O–H groups in total. The summed E-state index contributed by atoms with van der Waals surface area (Å²) in [5.41, 5.74) is 1.64. The van der Waals surface area contributed by atoms with Crippen LogP contribution in [-0.2, 0) is 0 Å². The molecule has 0 aromatic carbocycles. The van der Waals surface area contributed by atoms with E-state index in [-0.39, 0.29) is 0 Å². The van der Waals surface area contributed by atoms with Crippen LogP contribution in [0.5, 0.6) is 0 Å². The minimum absolute atomic E-state index is 0.501. The van der Waals surface area contributed by atoms with Gasteiger partial charge in [-0.3, -0.25) is 0 Å². The van der Waals surface area contributed by atoms with Crippen molar-refractivity contribution in [3.05, 3.63) is 26.6 Å². The normalized spacial score (nSPS) is 10.9. The molecule has 0 spiro atoms. The fraction of sp³-hybridized carbons (Fsp3) is 0.125. The second-order valence-electron chi connectivity index (χ2n) is 2.45. The average molecular weight is 293 g/mol. The van der Waals surface area contributed by atoms with Crippen LogP contribution in [0.15, 0.2) is 16.5 Å². The number of pyridine rings is 1. The van der Waals surface area contributed by atoms with Crippen molar-refractivity contribution in [3.63, 3.8) is 0 Å². The third-order valence-electron chi connectivity index (χ3n) is 1.60. The van der Waals surface area contributed by atoms with Crippen molar-refractivity contribution in [1.29, 1.82) is 0 Å². The highest BCUT2D eigenvalue weighted by atomic mass is 127. The summed E-state index contributed by atoms with van der Waals surface area (Å²) in [4.78, 5) is 4.16. The fourth-order valence-corrected chi connectivity index (χ4v) is 1.68. The summed E-state index contributed by atoms with van der Waals surface area (Å²) in [5, 5.41) is 0.501. The van der Waals surface area contributed by atoms with Crippen molar-refractivity contribution in [2.75, 3.05) is 0 Å². The van der Waals surface area contributed by atoms with Gasteiger partial charge in [0.05, 0.1) is 3.57 Å². The number of fused-ring (bicyclic) bond motifs is 1. The molecule has 4 heteroatoms. The largest absolute Gasteiger partial charge is 0.459 e. The second-order valence-corrected chi connectivity index (χ2v) is 3.92. The van der Waals surface area contributed by atoms with Gasteiger partial charge in [0.15, 0.2) is 5.58 Å². The summed E-state index contributed by atoms with van der Waals surface area (Å²) in [6, 6.07) is 3.56. The number of nitrogens with zero attached hydrogens (tertiary/aromatic N) is 1. The van der Waals surface area contributed by atoms with E-state index in [0.717, 1.165) is 20.4 Å². The van der Waals surface area contributed by atoms with E-state index in [1.165, 1.54) is 0 Å². The smallest absolute Gasteiger partial charge is 0.153 e. The maximum Gasteiger partial charge on any atom is 0.153 e. The molecular formula is C8H5ClINO. The Morgan fingerprint density at radius 3 is 3.00 bits per heavy atom. The molecule has 0 aliphatic heterocycles. The van der Waals surface area contributed by atoms with Crippen LogP contribution in [0.25, 0.3) is 11.1 Å². The van der Waals surface area contributed by atoms with Crippen LogP contribution in [0.4, 0.5) is 0 Å². The van der Waals surface area contributed by atoms with Gasteiger partial charge in [0.25, 0.3) is 0 Å². The van der Waals surface area contributed by atoms with Crippen molar-refractivity contribution >= 4 is 45.3 Å². The van der Waals surface area contributed by atoms with Crippen molar-refractivity contribution in [2.45, 2.75) is 6.92 Å². The molecule has 0 saturated carbocycles. The molecule has 2 nitrogen and oxygen atoms in total. The maximum absolute atomic E-state index is 5.74. The van der Waals surface area contributed by atoms with Crippen LogP contribution in [0.1, 0.15) is 5.76 Å². The first-order chi connectivity index (χ1) is 5.68. The number of rotatable bonds is 0. The van der Waals surface area contributed by atoms with E-state index in [2.05, 4.69) is 27.6 Å². The highest BCUT2D eigenvalue weighted by molar-refractivity contribution is 14.1. The zero-order chi connectivity index (χ0) is 8.72. The molecule has 2 aromatic rings. The fourth-order valence-electron chi connectivity index (χ4n) is 1.04. The highest BCUT2D eigenvalue weighted by Crippen LogP contribution is 2.26. The predicted molar refractivity (Wildman–Crippen MR) is 56.5 cm³/mol. The van der Waals surface area contributed by atoms with Crippen LogP contribution < -0.4 is 0 Å². The van der Waals surface area contributed by atoms with Crippen LogP contribution >= 0.6 is 34.2 Å². The molecule has 62 valence electrons. The van der Waals surface area contributed by atoms with E-state index in [4.69, 9.17) is 16.0 Å². The molecule has 0 fully saturated rings. The first-order valence-corrected chi connectivity index (χ1v) is 4.85. The zero-order valence-electron chi connectivity index (χ0n) is 6.27. The average Bonchev–Trinajstić information content (AvgIpc) is 2.31. The quantitative estimate of drug-likeness (QED) is 0.550. The lowest BCUT2D eigenvalue weighted by atomic mass is 10.4. The molecule has 0 aliphatic carbocycles. The molecule has 2 aromatic heterocycles. The molecule has 2 rings (SSSR count). The van der Waals surface area contributed by atoms with Gasteiger partial charge in [-0.2, -0.15) is 0 Å². The van der Waals surface area contributed by atoms with Gasteiger partial charge in [0.1, 0.15) is 16.4 Å². The van der Waals surface area contributed by atoms with Gasteiger partial charge in [-0.05, 0) is 41.6 Å². The van der Waals surface area contributed by atoms with Crippen LogP contribution in [-0.4, -0.2) is 4.98 Å². The Balaban J connectivity index is 2.88. The molecule has 0 bridgehead atoms. The molecular weight excluding hydrogens is 288 g/mol. The van der Waals surface area contributed by atoms with E-state index in [9.17, 15) is 0 Å². The van der Waals surface area contributed by atoms with Crippen molar-refractivity contribution in [2.24, 2.45) is 0 Å². The van der Waals surface area contributed by atoms with Crippen LogP contribution in [0.2, 0.25) is 5.15 Å². The molecule has 0 atom stereocenters. The Morgan fingerprint density at radius 1 is 1.50 bits per heavy atom. The molecule has 0 amide bonds. The van der Waals surface area contributed by atoms with Gasteiger partial charge >= 0.3 is 0 Å². The summed E-state index contributed by atoms with van der Waals surface area (Å²) in [7, 11) is 0. The van der Waals surface area contributed by atoms with E-state index in [1.54, 1.807) is 6.07 Å². The van der Waals surface area contributed by atoms with Crippen molar-refractivity contribution in [1.82, 2.24) is 4.98 Å². The zero-order valence-corrected chi connectivity index (χ0v) is 9.18. The number of aryl methyl sites for hydroxylation is 1. The van der Waals surface area contributed by atoms with Crippen molar-refractivity contribution < 1.29 is 4.42 Å². The number of furan rings is 1. The lowest BCUT2D eigenvalue weighted by Gasteiger charge is -1.88. The number of hydrogen-bond donors (Lipinski definition) is 0. The molecule has 0 unspecified atom stereocenters. The molecule has 0 saturated heterocycles. The third kappa shape index (κ3) is 1.21. The Kier molecular flexibility index (Phi) is 2.00. The monoisotopic (exact) mass is 293 g/mol.